The van der Waals surface area contributed by atoms with Crippen LogP contribution in [-0.2, 0) is 0 Å². The fraction of sp³-hybridized carbons (Fsp3) is 0.333. The Hall–Kier alpha value is -1.32. The van der Waals surface area contributed by atoms with E-state index in [1.54, 1.807) is 7.05 Å². The molecule has 2 nitrogen and oxygen atoms in total. The monoisotopic (exact) mass is 186 g/mol. The van der Waals surface area contributed by atoms with Crippen molar-refractivity contribution in [2.45, 2.75) is 6.92 Å². The van der Waals surface area contributed by atoms with Crippen LogP contribution in [0.3, 0.4) is 0 Å². The summed E-state index contributed by atoms with van der Waals surface area (Å²) in [6.45, 7) is 2.35. The Morgan fingerprint density at radius 3 is 2.15 bits per heavy atom. The molecule has 0 aliphatic carbocycles. The molecule has 0 spiro atoms. The second-order valence-corrected chi connectivity index (χ2v) is 2.85. The third-order valence-electron chi connectivity index (χ3n) is 1.90. The molecule has 0 radical (unpaired) electrons. The van der Waals surface area contributed by atoms with Gasteiger partial charge in [-0.25, -0.2) is 8.78 Å². The zero-order chi connectivity index (χ0) is 10.0. The van der Waals surface area contributed by atoms with Gasteiger partial charge in [-0.05, 0) is 19.1 Å². The van der Waals surface area contributed by atoms with Gasteiger partial charge < -0.3 is 10.6 Å². The second kappa shape index (κ2) is 3.60. The highest BCUT2D eigenvalue weighted by Gasteiger charge is 2.12. The Bertz CT molecular complexity index is 289. The van der Waals surface area contributed by atoms with Gasteiger partial charge >= 0.3 is 0 Å². The second-order valence-electron chi connectivity index (χ2n) is 2.85. The summed E-state index contributed by atoms with van der Waals surface area (Å²) < 4.78 is 26.4. The van der Waals surface area contributed by atoms with Crippen LogP contribution in [0.15, 0.2) is 12.1 Å². The Labute approximate surface area is 76.0 Å². The summed E-state index contributed by atoms with van der Waals surface area (Å²) in [6, 6.07) is 2.23. The minimum atomic E-state index is -0.623. The van der Waals surface area contributed by atoms with Crippen molar-refractivity contribution in [3.63, 3.8) is 0 Å². The number of rotatable bonds is 2. The van der Waals surface area contributed by atoms with Gasteiger partial charge in [0.1, 0.15) is 5.69 Å². The standard InChI is InChI=1S/C9H12F2N2/c1-3-13(2)9-7(10)4-6(12)5-8(9)11/h4-5H,3,12H2,1-2H3. The number of hydrogen-bond donors (Lipinski definition) is 1. The molecule has 0 saturated heterocycles. The van der Waals surface area contributed by atoms with Crippen LogP contribution in [-0.4, -0.2) is 13.6 Å². The maximum atomic E-state index is 13.2. The van der Waals surface area contributed by atoms with Crippen molar-refractivity contribution < 1.29 is 8.78 Å². The summed E-state index contributed by atoms with van der Waals surface area (Å²) in [5, 5.41) is 0. The molecule has 4 heteroatoms. The van der Waals surface area contributed by atoms with Crippen LogP contribution >= 0.6 is 0 Å². The number of hydrogen-bond acceptors (Lipinski definition) is 2. The molecule has 0 fully saturated rings. The van der Waals surface area contributed by atoms with Crippen molar-refractivity contribution in [3.8, 4) is 0 Å². The van der Waals surface area contributed by atoms with E-state index < -0.39 is 11.6 Å². The normalized spacial score (nSPS) is 10.2. The summed E-state index contributed by atoms with van der Waals surface area (Å²) in [7, 11) is 1.62. The predicted octanol–water partition coefficient (Wildman–Crippen LogP) is 2.00. The first-order chi connectivity index (χ1) is 6.06. The summed E-state index contributed by atoms with van der Waals surface area (Å²) in [4.78, 5) is 1.49. The predicted molar refractivity (Wildman–Crippen MR) is 49.7 cm³/mol. The Kier molecular flexibility index (Phi) is 2.70. The van der Waals surface area contributed by atoms with Gasteiger partial charge in [-0.1, -0.05) is 0 Å². The Balaban J connectivity index is 3.20. The van der Waals surface area contributed by atoms with Crippen LogP contribution in [0.2, 0.25) is 0 Å². The van der Waals surface area contributed by atoms with Crippen molar-refractivity contribution in [1.29, 1.82) is 0 Å². The quantitative estimate of drug-likeness (QED) is 0.716. The minimum absolute atomic E-state index is 0.0308. The fourth-order valence-corrected chi connectivity index (χ4v) is 1.11. The molecule has 0 aromatic heterocycles. The van der Waals surface area contributed by atoms with Gasteiger partial charge in [0.25, 0.3) is 0 Å². The van der Waals surface area contributed by atoms with Gasteiger partial charge in [0.05, 0.1) is 0 Å². The Morgan fingerprint density at radius 2 is 1.77 bits per heavy atom. The molecule has 0 unspecified atom stereocenters. The lowest BCUT2D eigenvalue weighted by atomic mass is 10.2. The number of nitrogen functional groups attached to an aromatic ring is 1. The zero-order valence-corrected chi connectivity index (χ0v) is 7.64. The molecule has 0 amide bonds. The van der Waals surface area contributed by atoms with Crippen molar-refractivity contribution in [2.75, 3.05) is 24.2 Å². The van der Waals surface area contributed by atoms with Crippen molar-refractivity contribution >= 4 is 11.4 Å². The van der Waals surface area contributed by atoms with Crippen LogP contribution in [0, 0.1) is 11.6 Å². The summed E-state index contributed by atoms with van der Waals surface area (Å²) in [5.41, 5.74) is 5.34. The molecule has 2 N–H and O–H groups in total. The van der Waals surface area contributed by atoms with Gasteiger partial charge in [-0.15, -0.1) is 0 Å². The number of nitrogens with two attached hydrogens (primary N) is 1. The molecule has 1 aromatic carbocycles. The van der Waals surface area contributed by atoms with Crippen LogP contribution < -0.4 is 10.6 Å². The van der Waals surface area contributed by atoms with Gasteiger partial charge in [-0.2, -0.15) is 0 Å². The molecular weight excluding hydrogens is 174 g/mol. The van der Waals surface area contributed by atoms with E-state index in [9.17, 15) is 8.78 Å². The molecule has 0 saturated carbocycles. The zero-order valence-electron chi connectivity index (χ0n) is 7.64. The first-order valence-electron chi connectivity index (χ1n) is 4.02. The van der Waals surface area contributed by atoms with Crippen LogP contribution in [0.4, 0.5) is 20.2 Å². The molecule has 0 atom stereocenters. The van der Waals surface area contributed by atoms with Crippen LogP contribution in [0.5, 0.6) is 0 Å². The highest BCUT2D eigenvalue weighted by atomic mass is 19.1. The van der Waals surface area contributed by atoms with E-state index in [1.807, 2.05) is 6.92 Å². The van der Waals surface area contributed by atoms with Gasteiger partial charge in [0.2, 0.25) is 0 Å². The van der Waals surface area contributed by atoms with E-state index in [0.717, 1.165) is 12.1 Å². The molecule has 1 aromatic rings. The minimum Gasteiger partial charge on any atom is -0.399 e. The molecule has 72 valence electrons. The van der Waals surface area contributed by atoms with E-state index in [2.05, 4.69) is 0 Å². The summed E-state index contributed by atoms with van der Waals surface area (Å²) in [6.07, 6.45) is 0. The average Bonchev–Trinajstić information content (AvgIpc) is 2.02. The lowest BCUT2D eigenvalue weighted by Gasteiger charge is -2.18. The highest BCUT2D eigenvalue weighted by Crippen LogP contribution is 2.24. The molecule has 0 aliphatic heterocycles. The van der Waals surface area contributed by atoms with Crippen molar-refractivity contribution in [2.24, 2.45) is 0 Å². The number of nitrogens with zero attached hydrogens (tertiary/aromatic N) is 1. The average molecular weight is 186 g/mol. The van der Waals surface area contributed by atoms with Gasteiger partial charge in [-0.3, -0.25) is 0 Å². The maximum absolute atomic E-state index is 13.2. The summed E-state index contributed by atoms with van der Waals surface area (Å²) >= 11 is 0. The fourth-order valence-electron chi connectivity index (χ4n) is 1.11. The van der Waals surface area contributed by atoms with Gasteiger partial charge in [0, 0.05) is 19.3 Å². The molecule has 1 rings (SSSR count). The molecule has 0 heterocycles. The van der Waals surface area contributed by atoms with Crippen LogP contribution in [0.25, 0.3) is 0 Å². The molecule has 0 bridgehead atoms. The van der Waals surface area contributed by atoms with E-state index in [1.165, 1.54) is 4.90 Å². The number of benzene rings is 1. The first kappa shape index (κ1) is 9.77. The van der Waals surface area contributed by atoms with E-state index in [4.69, 9.17) is 5.73 Å². The number of halogens is 2. The molecule has 0 aliphatic rings. The highest BCUT2D eigenvalue weighted by molar-refractivity contribution is 5.55. The lowest BCUT2D eigenvalue weighted by molar-refractivity contribution is 0.579. The van der Waals surface area contributed by atoms with Crippen molar-refractivity contribution in [1.82, 2.24) is 0 Å². The largest absolute Gasteiger partial charge is 0.399 e. The van der Waals surface area contributed by atoms with E-state index in [0.29, 0.717) is 6.54 Å². The third-order valence-corrected chi connectivity index (χ3v) is 1.90. The van der Waals surface area contributed by atoms with Crippen LogP contribution in [0.1, 0.15) is 6.92 Å². The first-order valence-corrected chi connectivity index (χ1v) is 4.02. The molecular formula is C9H12F2N2. The van der Waals surface area contributed by atoms with Gasteiger partial charge in [0.15, 0.2) is 11.6 Å². The van der Waals surface area contributed by atoms with E-state index >= 15 is 0 Å². The maximum Gasteiger partial charge on any atom is 0.151 e. The third kappa shape index (κ3) is 1.88. The van der Waals surface area contributed by atoms with Crippen molar-refractivity contribution in [3.05, 3.63) is 23.8 Å². The molecule has 13 heavy (non-hydrogen) atoms. The van der Waals surface area contributed by atoms with E-state index in [-0.39, 0.29) is 11.4 Å². The Morgan fingerprint density at radius 1 is 1.31 bits per heavy atom. The summed E-state index contributed by atoms with van der Waals surface area (Å²) in [5.74, 6) is -1.25. The number of anilines is 2. The smallest absolute Gasteiger partial charge is 0.151 e. The lowest BCUT2D eigenvalue weighted by Crippen LogP contribution is -2.19. The topological polar surface area (TPSA) is 29.3 Å². The SMILES string of the molecule is CCN(C)c1c(F)cc(N)cc1F.